The van der Waals surface area contributed by atoms with Gasteiger partial charge in [0.2, 0.25) is 11.8 Å². The van der Waals surface area contributed by atoms with Gasteiger partial charge in [-0.25, -0.2) is 4.79 Å². The van der Waals surface area contributed by atoms with E-state index in [4.69, 9.17) is 0 Å². The van der Waals surface area contributed by atoms with Crippen molar-refractivity contribution in [3.05, 3.63) is 35.9 Å². The lowest BCUT2D eigenvalue weighted by molar-refractivity contribution is -0.144. The molecule has 25 heavy (non-hydrogen) atoms. The van der Waals surface area contributed by atoms with Crippen LogP contribution in [-0.2, 0) is 25.5 Å². The third-order valence-electron chi connectivity index (χ3n) is 4.24. The quantitative estimate of drug-likeness (QED) is 0.700. The number of methoxy groups -OCH3 is 1. The highest BCUT2D eigenvalue weighted by molar-refractivity contribution is 5.91. The molecule has 138 valence electrons. The molecular weight excluding hydrogens is 320 g/mol. The van der Waals surface area contributed by atoms with Crippen LogP contribution in [0.3, 0.4) is 0 Å². The largest absolute Gasteiger partial charge is 0.467 e. The van der Waals surface area contributed by atoms with E-state index in [1.165, 1.54) is 7.11 Å². The Kier molecular flexibility index (Phi) is 8.11. The van der Waals surface area contributed by atoms with Crippen LogP contribution < -0.4 is 10.6 Å². The molecule has 1 aromatic carbocycles. The maximum atomic E-state index is 12.6. The molecule has 0 unspecified atom stereocenters. The van der Waals surface area contributed by atoms with Crippen LogP contribution in [0.15, 0.2) is 30.3 Å². The van der Waals surface area contributed by atoms with Crippen LogP contribution in [0.5, 0.6) is 0 Å². The van der Waals surface area contributed by atoms with Gasteiger partial charge in [0.25, 0.3) is 0 Å². The smallest absolute Gasteiger partial charge is 0.328 e. The molecule has 0 aliphatic heterocycles. The van der Waals surface area contributed by atoms with Gasteiger partial charge in [-0.1, -0.05) is 51.1 Å². The van der Waals surface area contributed by atoms with Crippen LogP contribution in [0.4, 0.5) is 0 Å². The summed E-state index contributed by atoms with van der Waals surface area (Å²) in [5, 5.41) is 5.40. The van der Waals surface area contributed by atoms with E-state index in [9.17, 15) is 14.4 Å². The molecule has 3 atom stereocenters. The summed E-state index contributed by atoms with van der Waals surface area (Å²) < 4.78 is 4.62. The molecule has 0 aromatic heterocycles. The molecule has 2 amide bonds. The summed E-state index contributed by atoms with van der Waals surface area (Å²) in [6.45, 7) is 7.28. The zero-order valence-corrected chi connectivity index (χ0v) is 15.5. The predicted molar refractivity (Wildman–Crippen MR) is 95.7 cm³/mol. The minimum absolute atomic E-state index is 0.162. The molecule has 0 bridgehead atoms. The fourth-order valence-electron chi connectivity index (χ4n) is 2.21. The van der Waals surface area contributed by atoms with Crippen LogP contribution in [-0.4, -0.2) is 37.0 Å². The second-order valence-corrected chi connectivity index (χ2v) is 6.54. The lowest BCUT2D eigenvalue weighted by Crippen LogP contribution is -2.53. The Bertz CT molecular complexity index is 586. The van der Waals surface area contributed by atoms with E-state index < -0.39 is 24.0 Å². The van der Waals surface area contributed by atoms with Crippen molar-refractivity contribution in [2.45, 2.75) is 46.2 Å². The number of esters is 1. The number of hydrogen-bond acceptors (Lipinski definition) is 4. The monoisotopic (exact) mass is 348 g/mol. The summed E-state index contributed by atoms with van der Waals surface area (Å²) in [6, 6.07) is 7.87. The Morgan fingerprint density at radius 2 is 1.56 bits per heavy atom. The van der Waals surface area contributed by atoms with Crippen molar-refractivity contribution in [1.29, 1.82) is 0 Å². The highest BCUT2D eigenvalue weighted by atomic mass is 16.5. The van der Waals surface area contributed by atoms with E-state index in [-0.39, 0.29) is 17.7 Å². The minimum atomic E-state index is -0.782. The summed E-state index contributed by atoms with van der Waals surface area (Å²) in [6.07, 6.45) is 0.344. The normalized spacial score (nSPS) is 14.3. The fraction of sp³-hybridized carbons (Fsp3) is 0.526. The van der Waals surface area contributed by atoms with Gasteiger partial charge in [0.15, 0.2) is 0 Å². The van der Waals surface area contributed by atoms with Crippen LogP contribution in [0, 0.1) is 11.8 Å². The van der Waals surface area contributed by atoms with E-state index in [1.54, 1.807) is 6.92 Å². The van der Waals surface area contributed by atoms with Crippen molar-refractivity contribution < 1.29 is 19.1 Å². The van der Waals surface area contributed by atoms with Crippen molar-refractivity contribution >= 4 is 17.8 Å². The Morgan fingerprint density at radius 1 is 0.960 bits per heavy atom. The van der Waals surface area contributed by atoms with E-state index >= 15 is 0 Å². The molecule has 0 saturated heterocycles. The van der Waals surface area contributed by atoms with Gasteiger partial charge in [-0.15, -0.1) is 0 Å². The maximum absolute atomic E-state index is 12.6. The van der Waals surface area contributed by atoms with Gasteiger partial charge in [-0.05, 0) is 18.4 Å². The number of rotatable bonds is 8. The molecular formula is C19H28N2O4. The summed E-state index contributed by atoms with van der Waals surface area (Å²) in [5.74, 6) is -1.19. The summed E-state index contributed by atoms with van der Waals surface area (Å²) >= 11 is 0. The van der Waals surface area contributed by atoms with Gasteiger partial charge in [0.05, 0.1) is 7.11 Å². The Labute approximate surface area is 149 Å². The number of benzene rings is 1. The number of nitrogens with one attached hydrogen (secondary N) is 2. The standard InChI is InChI=1S/C19H28N2O4/c1-12(2)13(3)17(22)21-16(11-15-9-7-6-8-10-15)18(23)20-14(4)19(24)25-5/h6-10,12-14,16H,11H2,1-5H3,(H,20,23)(H,21,22)/t13-,14-,16-/m0/s1. The third kappa shape index (κ3) is 6.57. The average Bonchev–Trinajstić information content (AvgIpc) is 2.60. The molecule has 0 saturated carbocycles. The highest BCUT2D eigenvalue weighted by Gasteiger charge is 2.27. The molecule has 0 fully saturated rings. The van der Waals surface area contributed by atoms with Gasteiger partial charge in [0, 0.05) is 12.3 Å². The predicted octanol–water partition coefficient (Wildman–Crippen LogP) is 1.68. The van der Waals surface area contributed by atoms with Crippen molar-refractivity contribution in [3.8, 4) is 0 Å². The first kappa shape index (κ1) is 20.7. The van der Waals surface area contributed by atoms with E-state index in [2.05, 4.69) is 15.4 Å². The number of ether oxygens (including phenoxy) is 1. The van der Waals surface area contributed by atoms with Gasteiger partial charge >= 0.3 is 5.97 Å². The number of amides is 2. The lowest BCUT2D eigenvalue weighted by atomic mass is 9.96. The molecule has 1 rings (SSSR count). The van der Waals surface area contributed by atoms with Crippen molar-refractivity contribution in [2.24, 2.45) is 11.8 Å². The fourth-order valence-corrected chi connectivity index (χ4v) is 2.21. The zero-order chi connectivity index (χ0) is 19.0. The van der Waals surface area contributed by atoms with Crippen LogP contribution in [0.1, 0.15) is 33.3 Å². The third-order valence-corrected chi connectivity index (χ3v) is 4.24. The van der Waals surface area contributed by atoms with Gasteiger partial charge in [-0.2, -0.15) is 0 Å². The van der Waals surface area contributed by atoms with Gasteiger partial charge in [0.1, 0.15) is 12.1 Å². The topological polar surface area (TPSA) is 84.5 Å². The molecule has 0 radical (unpaired) electrons. The van der Waals surface area contributed by atoms with Crippen molar-refractivity contribution in [1.82, 2.24) is 10.6 Å². The van der Waals surface area contributed by atoms with Gasteiger partial charge < -0.3 is 15.4 Å². The summed E-state index contributed by atoms with van der Waals surface area (Å²) in [4.78, 5) is 36.5. The SMILES string of the molecule is COC(=O)[C@H](C)NC(=O)[C@H](Cc1ccccc1)NC(=O)[C@@H](C)C(C)C. The van der Waals surface area contributed by atoms with E-state index in [1.807, 2.05) is 51.1 Å². The first-order valence-electron chi connectivity index (χ1n) is 8.48. The van der Waals surface area contributed by atoms with Crippen molar-refractivity contribution in [3.63, 3.8) is 0 Å². The molecule has 1 aromatic rings. The summed E-state index contributed by atoms with van der Waals surface area (Å²) in [7, 11) is 1.26. The Morgan fingerprint density at radius 3 is 2.08 bits per heavy atom. The lowest BCUT2D eigenvalue weighted by Gasteiger charge is -2.23. The molecule has 0 spiro atoms. The number of carbonyl (C=O) groups is 3. The average molecular weight is 348 g/mol. The molecule has 6 heteroatoms. The second-order valence-electron chi connectivity index (χ2n) is 6.54. The van der Waals surface area contributed by atoms with Crippen LogP contribution >= 0.6 is 0 Å². The molecule has 6 nitrogen and oxygen atoms in total. The Hall–Kier alpha value is -2.37. The molecule has 0 aliphatic carbocycles. The van der Waals surface area contributed by atoms with Gasteiger partial charge in [-0.3, -0.25) is 9.59 Å². The Balaban J connectivity index is 2.88. The molecule has 0 aliphatic rings. The second kappa shape index (κ2) is 9.81. The maximum Gasteiger partial charge on any atom is 0.328 e. The van der Waals surface area contributed by atoms with E-state index in [0.717, 1.165) is 5.56 Å². The zero-order valence-electron chi connectivity index (χ0n) is 15.5. The molecule has 0 heterocycles. The number of hydrogen-bond donors (Lipinski definition) is 2. The van der Waals surface area contributed by atoms with E-state index in [0.29, 0.717) is 6.42 Å². The summed E-state index contributed by atoms with van der Waals surface area (Å²) in [5.41, 5.74) is 0.922. The first-order valence-corrected chi connectivity index (χ1v) is 8.48. The molecule has 2 N–H and O–H groups in total. The highest BCUT2D eigenvalue weighted by Crippen LogP contribution is 2.11. The number of carbonyl (C=O) groups excluding carboxylic acids is 3. The minimum Gasteiger partial charge on any atom is -0.467 e. The van der Waals surface area contributed by atoms with Crippen LogP contribution in [0.2, 0.25) is 0 Å². The van der Waals surface area contributed by atoms with Crippen molar-refractivity contribution in [2.75, 3.05) is 7.11 Å². The first-order chi connectivity index (χ1) is 11.8. The van der Waals surface area contributed by atoms with Crippen LogP contribution in [0.25, 0.3) is 0 Å².